The number of carbonyl (C=O) groups excluding carboxylic acids is 1. The lowest BCUT2D eigenvalue weighted by Crippen LogP contribution is -2.38. The number of nitrogens with zero attached hydrogens (tertiary/aromatic N) is 3. The van der Waals surface area contributed by atoms with E-state index in [9.17, 15) is 18.8 Å². The highest BCUT2D eigenvalue weighted by atomic mass is 19.1. The Morgan fingerprint density at radius 3 is 2.56 bits per heavy atom. The van der Waals surface area contributed by atoms with E-state index in [1.807, 2.05) is 48.0 Å². The number of halogens is 1. The Morgan fingerprint density at radius 1 is 1.03 bits per heavy atom. The van der Waals surface area contributed by atoms with Crippen molar-refractivity contribution >= 4 is 17.2 Å². The average molecular weight is 455 g/mol. The second kappa shape index (κ2) is 8.28. The summed E-state index contributed by atoms with van der Waals surface area (Å²) in [5.74, 6) is -1.22. The molecule has 5 rings (SSSR count). The molecule has 8 nitrogen and oxygen atoms in total. The first kappa shape index (κ1) is 21.1. The molecule has 168 valence electrons. The second-order valence-corrected chi connectivity index (χ2v) is 7.67. The number of aromatic amines is 1. The summed E-state index contributed by atoms with van der Waals surface area (Å²) in [5.41, 5.74) is 1.87. The number of hydrogen-bond donors (Lipinski definition) is 2. The minimum Gasteiger partial charge on any atom is -0.321 e. The number of carbonyl (C=O) groups is 1. The van der Waals surface area contributed by atoms with Gasteiger partial charge in [0.15, 0.2) is 0 Å². The van der Waals surface area contributed by atoms with Crippen molar-refractivity contribution in [2.45, 2.75) is 6.92 Å². The summed E-state index contributed by atoms with van der Waals surface area (Å²) in [4.78, 5) is 45.4. The zero-order valence-corrected chi connectivity index (χ0v) is 17.9. The molecule has 0 atom stereocenters. The molecule has 1 amide bonds. The van der Waals surface area contributed by atoms with E-state index in [0.717, 1.165) is 34.1 Å². The summed E-state index contributed by atoms with van der Waals surface area (Å²) in [7, 11) is 0. The molecule has 0 aliphatic carbocycles. The summed E-state index contributed by atoms with van der Waals surface area (Å²) in [6, 6.07) is 15.8. The molecule has 0 radical (unpaired) electrons. The smallest absolute Gasteiger partial charge is 0.321 e. The molecule has 2 aromatic carbocycles. The Labute approximate surface area is 192 Å². The van der Waals surface area contributed by atoms with Crippen LogP contribution in [0.1, 0.15) is 15.9 Å². The van der Waals surface area contributed by atoms with E-state index < -0.39 is 23.0 Å². The summed E-state index contributed by atoms with van der Waals surface area (Å²) >= 11 is 0. The Bertz CT molecular complexity index is 1670. The zero-order valence-electron chi connectivity index (χ0n) is 17.9. The van der Waals surface area contributed by atoms with Gasteiger partial charge in [-0.2, -0.15) is 0 Å². The zero-order chi connectivity index (χ0) is 23.8. The lowest BCUT2D eigenvalue weighted by atomic mass is 10.1. The number of para-hydroxylation sites is 1. The summed E-state index contributed by atoms with van der Waals surface area (Å²) < 4.78 is 16.0. The standard InChI is InChI=1S/C25H18FN5O3/c1-15-5-4-12-30-14-21(28-22(15)30)18-6-2-3-7-20(18)29-23(32)19-13-27-25(34)31(24(19)33)17-10-8-16(26)9-11-17/h2-14H,1H3,(H,27,34)(H,29,32). The molecule has 0 spiro atoms. The van der Waals surface area contributed by atoms with E-state index in [2.05, 4.69) is 15.3 Å². The summed E-state index contributed by atoms with van der Waals surface area (Å²) in [5, 5.41) is 2.75. The first-order valence-corrected chi connectivity index (χ1v) is 10.4. The molecule has 0 saturated carbocycles. The van der Waals surface area contributed by atoms with Gasteiger partial charge in [-0.15, -0.1) is 0 Å². The number of imidazole rings is 1. The first-order chi connectivity index (χ1) is 16.4. The van der Waals surface area contributed by atoms with Crippen LogP contribution >= 0.6 is 0 Å². The molecule has 0 fully saturated rings. The molecule has 34 heavy (non-hydrogen) atoms. The third kappa shape index (κ3) is 3.69. The minimum atomic E-state index is -0.825. The largest absolute Gasteiger partial charge is 0.333 e. The third-order valence-electron chi connectivity index (χ3n) is 5.44. The maximum atomic E-state index is 13.3. The van der Waals surface area contributed by atoms with Gasteiger partial charge in [-0.25, -0.2) is 18.7 Å². The fraction of sp³-hybridized carbons (Fsp3) is 0.0400. The van der Waals surface area contributed by atoms with Crippen molar-refractivity contribution in [1.82, 2.24) is 18.9 Å². The molecule has 0 aliphatic rings. The fourth-order valence-electron chi connectivity index (χ4n) is 3.75. The van der Waals surface area contributed by atoms with E-state index in [4.69, 9.17) is 0 Å². The molecule has 5 aromatic rings. The van der Waals surface area contributed by atoms with Gasteiger partial charge in [0.1, 0.15) is 17.0 Å². The first-order valence-electron chi connectivity index (χ1n) is 10.4. The van der Waals surface area contributed by atoms with Crippen LogP contribution in [0.5, 0.6) is 0 Å². The van der Waals surface area contributed by atoms with Gasteiger partial charge < -0.3 is 14.7 Å². The number of aryl methyl sites for hydroxylation is 1. The second-order valence-electron chi connectivity index (χ2n) is 7.67. The number of rotatable bonds is 4. The maximum absolute atomic E-state index is 13.3. The van der Waals surface area contributed by atoms with Crippen LogP contribution in [0.15, 0.2) is 88.8 Å². The van der Waals surface area contributed by atoms with Crippen LogP contribution in [0, 0.1) is 12.7 Å². The van der Waals surface area contributed by atoms with Gasteiger partial charge in [0.2, 0.25) is 0 Å². The van der Waals surface area contributed by atoms with Crippen LogP contribution in [0.2, 0.25) is 0 Å². The van der Waals surface area contributed by atoms with Crippen LogP contribution < -0.4 is 16.6 Å². The van der Waals surface area contributed by atoms with Crippen LogP contribution in [0.3, 0.4) is 0 Å². The Balaban J connectivity index is 1.53. The third-order valence-corrected chi connectivity index (χ3v) is 5.44. The van der Waals surface area contributed by atoms with Crippen LogP contribution in [0.25, 0.3) is 22.6 Å². The number of fused-ring (bicyclic) bond motifs is 1. The van der Waals surface area contributed by atoms with Crippen molar-refractivity contribution in [1.29, 1.82) is 0 Å². The van der Waals surface area contributed by atoms with Crippen molar-refractivity contribution in [3.8, 4) is 16.9 Å². The van der Waals surface area contributed by atoms with Crippen molar-refractivity contribution in [3.63, 3.8) is 0 Å². The molecule has 0 unspecified atom stereocenters. The Kier molecular flexibility index (Phi) is 5.14. The molecule has 3 aromatic heterocycles. The number of benzene rings is 2. The number of anilines is 1. The number of aromatic nitrogens is 4. The quantitative estimate of drug-likeness (QED) is 0.433. The van der Waals surface area contributed by atoms with Crippen LogP contribution in [0.4, 0.5) is 10.1 Å². The highest BCUT2D eigenvalue weighted by Gasteiger charge is 2.18. The molecular weight excluding hydrogens is 437 g/mol. The van der Waals surface area contributed by atoms with Gasteiger partial charge in [-0.1, -0.05) is 24.3 Å². The minimum absolute atomic E-state index is 0.141. The highest BCUT2D eigenvalue weighted by molar-refractivity contribution is 6.05. The van der Waals surface area contributed by atoms with Crippen molar-refractivity contribution in [3.05, 3.63) is 117 Å². The lowest BCUT2D eigenvalue weighted by Gasteiger charge is -2.10. The van der Waals surface area contributed by atoms with E-state index >= 15 is 0 Å². The number of H-pyrrole nitrogens is 1. The van der Waals surface area contributed by atoms with Crippen molar-refractivity contribution in [2.75, 3.05) is 5.32 Å². The molecule has 2 N–H and O–H groups in total. The number of hydrogen-bond acceptors (Lipinski definition) is 4. The monoisotopic (exact) mass is 455 g/mol. The Hall–Kier alpha value is -4.79. The molecule has 3 heterocycles. The highest BCUT2D eigenvalue weighted by Crippen LogP contribution is 2.28. The number of amides is 1. The topological polar surface area (TPSA) is 101 Å². The van der Waals surface area contributed by atoms with E-state index in [1.165, 1.54) is 12.1 Å². The van der Waals surface area contributed by atoms with Crippen LogP contribution in [-0.2, 0) is 0 Å². The fourth-order valence-corrected chi connectivity index (χ4v) is 3.75. The van der Waals surface area contributed by atoms with Crippen LogP contribution in [-0.4, -0.2) is 24.8 Å². The molecular formula is C25H18FN5O3. The van der Waals surface area contributed by atoms with Crippen molar-refractivity contribution < 1.29 is 9.18 Å². The SMILES string of the molecule is Cc1cccn2cc(-c3ccccc3NC(=O)c3c[nH]c(=O)n(-c4ccc(F)cc4)c3=O)nc12. The van der Waals surface area contributed by atoms with E-state index in [-0.39, 0.29) is 11.3 Å². The van der Waals surface area contributed by atoms with Gasteiger partial charge in [0.25, 0.3) is 11.5 Å². The van der Waals surface area contributed by atoms with Gasteiger partial charge in [0, 0.05) is 24.2 Å². The predicted octanol–water partition coefficient (Wildman–Crippen LogP) is 3.54. The Morgan fingerprint density at radius 2 is 1.79 bits per heavy atom. The van der Waals surface area contributed by atoms with Gasteiger partial charge >= 0.3 is 5.69 Å². The predicted molar refractivity (Wildman–Crippen MR) is 126 cm³/mol. The van der Waals surface area contributed by atoms with Gasteiger partial charge in [-0.05, 0) is 48.9 Å². The average Bonchev–Trinajstić information content (AvgIpc) is 3.26. The number of nitrogens with one attached hydrogen (secondary N) is 2. The van der Waals surface area contributed by atoms with Crippen molar-refractivity contribution in [2.24, 2.45) is 0 Å². The molecule has 0 aliphatic heterocycles. The molecule has 0 saturated heterocycles. The lowest BCUT2D eigenvalue weighted by molar-refractivity contribution is 0.102. The summed E-state index contributed by atoms with van der Waals surface area (Å²) in [6.07, 6.45) is 4.81. The van der Waals surface area contributed by atoms with E-state index in [0.29, 0.717) is 16.9 Å². The van der Waals surface area contributed by atoms with Gasteiger partial charge in [-0.3, -0.25) is 9.59 Å². The maximum Gasteiger partial charge on any atom is 0.333 e. The molecule has 9 heteroatoms. The summed E-state index contributed by atoms with van der Waals surface area (Å²) in [6.45, 7) is 1.96. The van der Waals surface area contributed by atoms with E-state index in [1.54, 1.807) is 12.1 Å². The molecule has 0 bridgehead atoms. The normalized spacial score (nSPS) is 11.0. The van der Waals surface area contributed by atoms with Gasteiger partial charge in [0.05, 0.1) is 17.1 Å². The number of pyridine rings is 1.